The Morgan fingerprint density at radius 1 is 1.30 bits per heavy atom. The second-order valence-electron chi connectivity index (χ2n) is 6.50. The van der Waals surface area contributed by atoms with E-state index in [9.17, 15) is 10.1 Å². The zero-order valence-electron chi connectivity index (χ0n) is 15.3. The Labute approximate surface area is 158 Å². The first kappa shape index (κ1) is 18.2. The van der Waals surface area contributed by atoms with Crippen molar-refractivity contribution in [3.05, 3.63) is 72.1 Å². The summed E-state index contributed by atoms with van der Waals surface area (Å²) in [7, 11) is 0. The van der Waals surface area contributed by atoms with E-state index in [0.717, 1.165) is 22.2 Å². The van der Waals surface area contributed by atoms with E-state index in [0.29, 0.717) is 6.54 Å². The van der Waals surface area contributed by atoms with Crippen LogP contribution in [-0.4, -0.2) is 27.0 Å². The second-order valence-corrected chi connectivity index (χ2v) is 6.50. The lowest BCUT2D eigenvalue weighted by Gasteiger charge is -2.26. The van der Waals surface area contributed by atoms with Gasteiger partial charge in [0.1, 0.15) is 11.6 Å². The van der Waals surface area contributed by atoms with Crippen LogP contribution in [0.3, 0.4) is 0 Å². The Morgan fingerprint density at radius 2 is 2.07 bits per heavy atom. The van der Waals surface area contributed by atoms with Gasteiger partial charge in [-0.1, -0.05) is 30.3 Å². The number of rotatable bonds is 6. The maximum absolute atomic E-state index is 12.9. The van der Waals surface area contributed by atoms with Crippen LogP contribution < -0.4 is 5.32 Å². The number of aromatic nitrogens is 2. The molecule has 0 bridgehead atoms. The molecule has 1 heterocycles. The number of hydrogen-bond acceptors (Lipinski definition) is 4. The van der Waals surface area contributed by atoms with Gasteiger partial charge in [0, 0.05) is 29.9 Å². The van der Waals surface area contributed by atoms with Gasteiger partial charge in [-0.2, -0.15) is 10.4 Å². The maximum atomic E-state index is 12.9. The molecule has 0 fully saturated rings. The number of carbonyl (C=O) groups is 1. The minimum Gasteiger partial charge on any atom is -0.360 e. The van der Waals surface area contributed by atoms with Gasteiger partial charge in [-0.25, -0.2) is 0 Å². The van der Waals surface area contributed by atoms with Crippen molar-refractivity contribution in [1.82, 2.24) is 15.1 Å². The molecule has 0 saturated carbocycles. The molecule has 2 N–H and O–H groups in total. The number of amides is 1. The molecule has 0 unspecified atom stereocenters. The molecule has 6 heteroatoms. The first-order valence-electron chi connectivity index (χ1n) is 8.73. The highest BCUT2D eigenvalue weighted by molar-refractivity contribution is 5.97. The van der Waals surface area contributed by atoms with Gasteiger partial charge in [0.15, 0.2) is 0 Å². The highest BCUT2D eigenvalue weighted by Crippen LogP contribution is 2.17. The molecule has 136 valence electrons. The van der Waals surface area contributed by atoms with Crippen LogP contribution in [0.1, 0.15) is 19.4 Å². The molecule has 2 aromatic carbocycles. The third-order valence-corrected chi connectivity index (χ3v) is 4.26. The highest BCUT2D eigenvalue weighted by Gasteiger charge is 2.21. The highest BCUT2D eigenvalue weighted by atomic mass is 16.2. The Bertz CT molecular complexity index is 998. The Hall–Kier alpha value is -3.59. The van der Waals surface area contributed by atoms with E-state index in [1.807, 2.05) is 68.4 Å². The summed E-state index contributed by atoms with van der Waals surface area (Å²) >= 11 is 0. The average molecular weight is 359 g/mol. The van der Waals surface area contributed by atoms with Crippen molar-refractivity contribution in [2.45, 2.75) is 26.4 Å². The van der Waals surface area contributed by atoms with Crippen LogP contribution in [0, 0.1) is 11.3 Å². The predicted molar refractivity (Wildman–Crippen MR) is 106 cm³/mol. The van der Waals surface area contributed by atoms with E-state index in [-0.39, 0.29) is 17.5 Å². The number of nitrogens with zero attached hydrogens (tertiary/aromatic N) is 3. The van der Waals surface area contributed by atoms with Crippen molar-refractivity contribution in [3.63, 3.8) is 0 Å². The van der Waals surface area contributed by atoms with Crippen LogP contribution in [0.4, 0.5) is 5.69 Å². The van der Waals surface area contributed by atoms with Crippen LogP contribution in [0.25, 0.3) is 10.9 Å². The van der Waals surface area contributed by atoms with Gasteiger partial charge in [-0.3, -0.25) is 9.89 Å². The van der Waals surface area contributed by atoms with Crippen LogP contribution in [0.5, 0.6) is 0 Å². The van der Waals surface area contributed by atoms with E-state index in [1.165, 1.54) is 6.20 Å². The normalized spacial score (nSPS) is 11.4. The van der Waals surface area contributed by atoms with Gasteiger partial charge in [-0.15, -0.1) is 0 Å². The van der Waals surface area contributed by atoms with E-state index < -0.39 is 0 Å². The van der Waals surface area contributed by atoms with Crippen LogP contribution in [-0.2, 0) is 11.3 Å². The molecule has 27 heavy (non-hydrogen) atoms. The van der Waals surface area contributed by atoms with Gasteiger partial charge in [-0.05, 0) is 37.6 Å². The van der Waals surface area contributed by atoms with Gasteiger partial charge < -0.3 is 10.2 Å². The second kappa shape index (κ2) is 8.19. The number of aromatic amines is 1. The van der Waals surface area contributed by atoms with Crippen molar-refractivity contribution in [3.8, 4) is 6.07 Å². The molecule has 1 amide bonds. The van der Waals surface area contributed by atoms with Crippen molar-refractivity contribution in [1.29, 1.82) is 5.26 Å². The summed E-state index contributed by atoms with van der Waals surface area (Å²) in [5, 5.41) is 20.4. The fraction of sp³-hybridized carbons (Fsp3) is 0.190. The van der Waals surface area contributed by atoms with Gasteiger partial charge in [0.25, 0.3) is 5.91 Å². The largest absolute Gasteiger partial charge is 0.360 e. The molecule has 0 saturated heterocycles. The molecule has 0 aliphatic rings. The monoisotopic (exact) mass is 359 g/mol. The number of hydrogen-bond donors (Lipinski definition) is 2. The number of nitrogens with one attached hydrogen (secondary N) is 2. The molecule has 0 aliphatic carbocycles. The standard InChI is InChI=1S/C21H21N5O/c1-15(2)26(14-16-6-4-3-5-7-16)21(27)18(11-22)12-23-19-9-8-17-13-24-25-20(17)10-19/h3-10,12-13,15,23H,14H2,1-2H3,(H,24,25)/b18-12-. The van der Waals surface area contributed by atoms with E-state index in [4.69, 9.17) is 0 Å². The third kappa shape index (κ3) is 4.33. The zero-order chi connectivity index (χ0) is 19.2. The Balaban J connectivity index is 1.78. The number of carbonyl (C=O) groups excluding carboxylic acids is 1. The van der Waals surface area contributed by atoms with Gasteiger partial charge in [0.05, 0.1) is 11.7 Å². The summed E-state index contributed by atoms with van der Waals surface area (Å²) in [6, 6.07) is 17.4. The number of fused-ring (bicyclic) bond motifs is 1. The zero-order valence-corrected chi connectivity index (χ0v) is 15.3. The van der Waals surface area contributed by atoms with Crippen LogP contribution in [0.2, 0.25) is 0 Å². The Morgan fingerprint density at radius 3 is 2.78 bits per heavy atom. The number of nitriles is 1. The van der Waals surface area contributed by atoms with Crippen molar-refractivity contribution in [2.75, 3.05) is 5.32 Å². The minimum absolute atomic E-state index is 0.0317. The Kier molecular flexibility index (Phi) is 5.53. The fourth-order valence-corrected chi connectivity index (χ4v) is 2.75. The summed E-state index contributed by atoms with van der Waals surface area (Å²) in [5.74, 6) is -0.300. The van der Waals surface area contributed by atoms with Crippen molar-refractivity contribution >= 4 is 22.5 Å². The number of anilines is 1. The third-order valence-electron chi connectivity index (χ3n) is 4.26. The lowest BCUT2D eigenvalue weighted by Crippen LogP contribution is -2.37. The van der Waals surface area contributed by atoms with E-state index in [2.05, 4.69) is 15.5 Å². The smallest absolute Gasteiger partial charge is 0.266 e. The van der Waals surface area contributed by atoms with Crippen molar-refractivity contribution < 1.29 is 4.79 Å². The molecule has 6 nitrogen and oxygen atoms in total. The molecular formula is C21H21N5O. The molecular weight excluding hydrogens is 338 g/mol. The number of H-pyrrole nitrogens is 1. The molecule has 0 atom stereocenters. The fourth-order valence-electron chi connectivity index (χ4n) is 2.75. The van der Waals surface area contributed by atoms with Crippen LogP contribution >= 0.6 is 0 Å². The molecule has 1 aromatic heterocycles. The van der Waals surface area contributed by atoms with Gasteiger partial charge in [0.2, 0.25) is 0 Å². The maximum Gasteiger partial charge on any atom is 0.266 e. The minimum atomic E-state index is -0.300. The first-order valence-corrected chi connectivity index (χ1v) is 8.73. The summed E-state index contributed by atoms with van der Waals surface area (Å²) in [5.41, 5.74) is 2.73. The lowest BCUT2D eigenvalue weighted by molar-refractivity contribution is -0.129. The lowest BCUT2D eigenvalue weighted by atomic mass is 10.1. The van der Waals surface area contributed by atoms with Crippen LogP contribution in [0.15, 0.2) is 66.5 Å². The average Bonchev–Trinajstić information content (AvgIpc) is 3.15. The molecule has 3 aromatic rings. The topological polar surface area (TPSA) is 84.8 Å². The molecule has 0 aliphatic heterocycles. The molecule has 0 radical (unpaired) electrons. The summed E-state index contributed by atoms with van der Waals surface area (Å²) in [6.07, 6.45) is 3.20. The summed E-state index contributed by atoms with van der Waals surface area (Å²) in [4.78, 5) is 14.6. The van der Waals surface area contributed by atoms with Gasteiger partial charge >= 0.3 is 0 Å². The molecule has 3 rings (SSSR count). The predicted octanol–water partition coefficient (Wildman–Crippen LogP) is 3.82. The molecule has 0 spiro atoms. The van der Waals surface area contributed by atoms with E-state index >= 15 is 0 Å². The SMILES string of the molecule is CC(C)N(Cc1ccccc1)C(=O)/C(C#N)=C\Nc1ccc2cn[nH]c2c1. The summed E-state index contributed by atoms with van der Waals surface area (Å²) in [6.45, 7) is 4.33. The number of benzene rings is 2. The first-order chi connectivity index (χ1) is 13.1. The summed E-state index contributed by atoms with van der Waals surface area (Å²) < 4.78 is 0. The quantitative estimate of drug-likeness (QED) is 0.517. The van der Waals surface area contributed by atoms with E-state index in [1.54, 1.807) is 11.1 Å². The van der Waals surface area contributed by atoms with Crippen molar-refractivity contribution in [2.24, 2.45) is 0 Å².